The number of piperazine rings is 1. The fraction of sp³-hybridized carbons (Fsp3) is 0.353. The van der Waals surface area contributed by atoms with E-state index in [2.05, 4.69) is 14.9 Å². The smallest absolute Gasteiger partial charge is 0.405 e. The molecule has 28 heavy (non-hydrogen) atoms. The molecule has 1 aliphatic heterocycles. The molecule has 1 amide bonds. The molecule has 3 rings (SSSR count). The summed E-state index contributed by atoms with van der Waals surface area (Å²) in [6.07, 6.45) is -3.47. The maximum Gasteiger partial charge on any atom is 0.573 e. The molecule has 0 spiro atoms. The Morgan fingerprint density at radius 3 is 2.75 bits per heavy atom. The number of ether oxygens (including phenoxy) is 1. The summed E-state index contributed by atoms with van der Waals surface area (Å²) in [7, 11) is 0. The maximum atomic E-state index is 12.6. The monoisotopic (exact) mass is 416 g/mol. The summed E-state index contributed by atoms with van der Waals surface area (Å²) >= 11 is 6.01. The number of hydrogen-bond acceptors (Lipinski definition) is 5. The van der Waals surface area contributed by atoms with Gasteiger partial charge in [-0.05, 0) is 13.0 Å². The maximum absolute atomic E-state index is 12.6. The molecule has 1 aromatic carbocycles. The molecule has 0 saturated carbocycles. The van der Waals surface area contributed by atoms with Crippen LogP contribution >= 0.6 is 11.6 Å². The lowest BCUT2D eigenvalue weighted by molar-refractivity contribution is -0.275. The van der Waals surface area contributed by atoms with E-state index in [1.165, 1.54) is 29.3 Å². The van der Waals surface area contributed by atoms with Gasteiger partial charge < -0.3 is 14.5 Å². The molecule has 1 saturated heterocycles. The van der Waals surface area contributed by atoms with Crippen LogP contribution in [0.4, 0.5) is 18.9 Å². The predicted octanol–water partition coefficient (Wildman–Crippen LogP) is 2.56. The fourth-order valence-electron chi connectivity index (χ4n) is 3.03. The number of alkyl halides is 3. The second-order valence-electron chi connectivity index (χ2n) is 6.31. The number of amides is 1. The van der Waals surface area contributed by atoms with Crippen molar-refractivity contribution in [1.82, 2.24) is 15.1 Å². The van der Waals surface area contributed by atoms with Gasteiger partial charge in [0.2, 0.25) is 5.91 Å². The molecule has 0 bridgehead atoms. The van der Waals surface area contributed by atoms with Crippen LogP contribution in [0.5, 0.6) is 5.75 Å². The molecule has 0 aliphatic carbocycles. The average molecular weight is 417 g/mol. The molecule has 1 aromatic heterocycles. The SMILES string of the molecule is C[C@@H]1CN(Cc2ccccc2OC(F)(F)F)C(=O)CN1c1cn[nH]c(=O)c1Cl. The first-order valence-corrected chi connectivity index (χ1v) is 8.65. The third-order valence-corrected chi connectivity index (χ3v) is 4.69. The molecule has 1 atom stereocenters. The summed E-state index contributed by atoms with van der Waals surface area (Å²) in [5.41, 5.74) is -0.00382. The minimum absolute atomic E-state index is 0.0371. The molecule has 11 heteroatoms. The van der Waals surface area contributed by atoms with Crippen LogP contribution in [0.25, 0.3) is 0 Å². The zero-order valence-corrected chi connectivity index (χ0v) is 15.4. The van der Waals surface area contributed by atoms with Crippen LogP contribution in [-0.2, 0) is 11.3 Å². The largest absolute Gasteiger partial charge is 0.573 e. The molecule has 1 aliphatic rings. The number of rotatable bonds is 4. The summed E-state index contributed by atoms with van der Waals surface area (Å²) < 4.78 is 41.8. The molecular formula is C17H16ClF3N4O3. The van der Waals surface area contributed by atoms with Gasteiger partial charge in [-0.15, -0.1) is 13.2 Å². The van der Waals surface area contributed by atoms with E-state index in [1.54, 1.807) is 11.0 Å². The summed E-state index contributed by atoms with van der Waals surface area (Å²) in [4.78, 5) is 27.3. The standard InChI is InChI=1S/C17H16ClF3N4O3/c1-10-7-24(8-11-4-2-3-5-13(11)28-17(19,20)21)14(26)9-25(10)12-6-22-23-16(27)15(12)18/h2-6,10H,7-9H2,1H3,(H,23,27)/t10-/m1/s1. The number of nitrogens with zero attached hydrogens (tertiary/aromatic N) is 3. The van der Waals surface area contributed by atoms with Crippen LogP contribution in [0.1, 0.15) is 12.5 Å². The number of carbonyl (C=O) groups excluding carboxylic acids is 1. The number of aromatic amines is 1. The number of benzene rings is 1. The number of anilines is 1. The molecule has 0 radical (unpaired) electrons. The van der Waals surface area contributed by atoms with Crippen molar-refractivity contribution in [3.05, 3.63) is 51.4 Å². The lowest BCUT2D eigenvalue weighted by Crippen LogP contribution is -2.55. The summed E-state index contributed by atoms with van der Waals surface area (Å²) in [6, 6.07) is 5.44. The van der Waals surface area contributed by atoms with Gasteiger partial charge in [0.15, 0.2) is 0 Å². The first-order chi connectivity index (χ1) is 13.2. The van der Waals surface area contributed by atoms with Crippen LogP contribution < -0.4 is 15.2 Å². The zero-order valence-electron chi connectivity index (χ0n) is 14.7. The van der Waals surface area contributed by atoms with Crippen molar-refractivity contribution in [3.63, 3.8) is 0 Å². The van der Waals surface area contributed by atoms with Gasteiger partial charge in [0, 0.05) is 24.7 Å². The van der Waals surface area contributed by atoms with E-state index >= 15 is 0 Å². The Kier molecular flexibility index (Phi) is 5.50. The highest BCUT2D eigenvalue weighted by Crippen LogP contribution is 2.29. The Balaban J connectivity index is 1.78. The molecule has 1 fully saturated rings. The van der Waals surface area contributed by atoms with Crippen molar-refractivity contribution >= 4 is 23.2 Å². The van der Waals surface area contributed by atoms with E-state index in [9.17, 15) is 22.8 Å². The van der Waals surface area contributed by atoms with Gasteiger partial charge in [0.05, 0.1) is 18.4 Å². The highest BCUT2D eigenvalue weighted by Gasteiger charge is 2.34. The third kappa shape index (κ3) is 4.38. The van der Waals surface area contributed by atoms with Gasteiger partial charge in [-0.25, -0.2) is 5.10 Å². The van der Waals surface area contributed by atoms with Crippen molar-refractivity contribution in [2.24, 2.45) is 0 Å². The average Bonchev–Trinajstić information content (AvgIpc) is 2.61. The first-order valence-electron chi connectivity index (χ1n) is 8.27. The van der Waals surface area contributed by atoms with Crippen LogP contribution in [0.2, 0.25) is 5.02 Å². The number of carbonyl (C=O) groups is 1. The molecule has 2 heterocycles. The Labute approximate surface area is 162 Å². The second kappa shape index (κ2) is 7.70. The minimum atomic E-state index is -4.82. The van der Waals surface area contributed by atoms with Gasteiger partial charge >= 0.3 is 6.36 Å². The van der Waals surface area contributed by atoms with Gasteiger partial charge in [-0.2, -0.15) is 5.10 Å². The van der Waals surface area contributed by atoms with Crippen molar-refractivity contribution < 1.29 is 22.7 Å². The van der Waals surface area contributed by atoms with Crippen molar-refractivity contribution in [1.29, 1.82) is 0 Å². The van der Waals surface area contributed by atoms with E-state index in [4.69, 9.17) is 11.6 Å². The summed E-state index contributed by atoms with van der Waals surface area (Å²) in [5, 5.41) is 5.83. The second-order valence-corrected chi connectivity index (χ2v) is 6.68. The lowest BCUT2D eigenvalue weighted by atomic mass is 10.1. The normalized spacial score (nSPS) is 17.8. The number of aromatic nitrogens is 2. The highest BCUT2D eigenvalue weighted by atomic mass is 35.5. The quantitative estimate of drug-likeness (QED) is 0.828. The lowest BCUT2D eigenvalue weighted by Gasteiger charge is -2.40. The van der Waals surface area contributed by atoms with E-state index in [1.807, 2.05) is 6.92 Å². The van der Waals surface area contributed by atoms with Gasteiger partial charge in [0.25, 0.3) is 5.56 Å². The van der Waals surface area contributed by atoms with Crippen molar-refractivity contribution in [2.45, 2.75) is 25.9 Å². The van der Waals surface area contributed by atoms with E-state index in [0.717, 1.165) is 0 Å². The van der Waals surface area contributed by atoms with Crippen LogP contribution in [0, 0.1) is 0 Å². The highest BCUT2D eigenvalue weighted by molar-refractivity contribution is 6.33. The number of hydrogen-bond donors (Lipinski definition) is 1. The van der Waals surface area contributed by atoms with Crippen LogP contribution in [0.15, 0.2) is 35.3 Å². The zero-order chi connectivity index (χ0) is 20.5. The third-order valence-electron chi connectivity index (χ3n) is 4.32. The number of halogens is 4. The summed E-state index contributed by atoms with van der Waals surface area (Å²) in [5.74, 6) is -0.670. The number of H-pyrrole nitrogens is 1. The van der Waals surface area contributed by atoms with Crippen molar-refractivity contribution in [3.8, 4) is 5.75 Å². The molecule has 150 valence electrons. The summed E-state index contributed by atoms with van der Waals surface area (Å²) in [6.45, 7) is 1.91. The molecular weight excluding hydrogens is 401 g/mol. The molecule has 2 aromatic rings. The topological polar surface area (TPSA) is 78.5 Å². The minimum Gasteiger partial charge on any atom is -0.405 e. The van der Waals surface area contributed by atoms with E-state index in [-0.39, 0.29) is 47.9 Å². The molecule has 0 unspecified atom stereocenters. The van der Waals surface area contributed by atoms with Gasteiger partial charge in [-0.1, -0.05) is 29.8 Å². The van der Waals surface area contributed by atoms with Gasteiger partial charge in [-0.3, -0.25) is 9.59 Å². The molecule has 7 nitrogen and oxygen atoms in total. The Morgan fingerprint density at radius 1 is 1.32 bits per heavy atom. The van der Waals surface area contributed by atoms with Crippen molar-refractivity contribution in [2.75, 3.05) is 18.0 Å². The predicted molar refractivity (Wildman–Crippen MR) is 95.2 cm³/mol. The Hall–Kier alpha value is -2.75. The van der Waals surface area contributed by atoms with Crippen LogP contribution in [-0.4, -0.2) is 46.5 Å². The van der Waals surface area contributed by atoms with E-state index in [0.29, 0.717) is 5.69 Å². The first kappa shape index (κ1) is 20.0. The van der Waals surface area contributed by atoms with Crippen LogP contribution in [0.3, 0.4) is 0 Å². The Morgan fingerprint density at radius 2 is 2.04 bits per heavy atom. The number of para-hydroxylation sites is 1. The molecule has 1 N–H and O–H groups in total. The number of nitrogens with one attached hydrogen (secondary N) is 1. The Bertz CT molecular complexity index is 934. The fourth-order valence-corrected chi connectivity index (χ4v) is 3.23. The van der Waals surface area contributed by atoms with Gasteiger partial charge in [0.1, 0.15) is 10.8 Å². The van der Waals surface area contributed by atoms with E-state index < -0.39 is 11.9 Å².